The lowest BCUT2D eigenvalue weighted by Crippen LogP contribution is -2.27. The maximum absolute atomic E-state index is 12.3. The van der Waals surface area contributed by atoms with E-state index in [1.807, 2.05) is 6.92 Å². The van der Waals surface area contributed by atoms with Crippen LogP contribution < -0.4 is 5.73 Å². The molecule has 1 aromatic carbocycles. The van der Waals surface area contributed by atoms with Gasteiger partial charge in [-0.25, -0.2) is 0 Å². The zero-order valence-corrected chi connectivity index (χ0v) is 11.6. The normalized spacial score (nSPS) is 10.5. The first kappa shape index (κ1) is 13.9. The molecule has 1 heterocycles. The SMILES string of the molecule is CCn1cc(N)c(C(=O)N(C)Cc2ccc(O)cc2)n1. The van der Waals surface area contributed by atoms with Crippen molar-refractivity contribution in [2.45, 2.75) is 20.0 Å². The van der Waals surface area contributed by atoms with Crippen LogP contribution in [0.3, 0.4) is 0 Å². The number of nitrogens with two attached hydrogens (primary N) is 1. The van der Waals surface area contributed by atoms with Crippen molar-refractivity contribution in [3.63, 3.8) is 0 Å². The van der Waals surface area contributed by atoms with Crippen molar-refractivity contribution >= 4 is 11.6 Å². The highest BCUT2D eigenvalue weighted by Crippen LogP contribution is 2.15. The van der Waals surface area contributed by atoms with E-state index >= 15 is 0 Å². The summed E-state index contributed by atoms with van der Waals surface area (Å²) in [6.45, 7) is 3.03. The Balaban J connectivity index is 2.11. The van der Waals surface area contributed by atoms with Crippen molar-refractivity contribution < 1.29 is 9.90 Å². The number of hydrogen-bond donors (Lipinski definition) is 2. The average molecular weight is 274 g/mol. The van der Waals surface area contributed by atoms with Crippen LogP contribution in [0.2, 0.25) is 0 Å². The van der Waals surface area contributed by atoms with Gasteiger partial charge in [-0.05, 0) is 24.6 Å². The van der Waals surface area contributed by atoms with Crippen LogP contribution in [0.15, 0.2) is 30.5 Å². The van der Waals surface area contributed by atoms with Gasteiger partial charge in [0.15, 0.2) is 5.69 Å². The summed E-state index contributed by atoms with van der Waals surface area (Å²) in [7, 11) is 1.69. The molecule has 3 N–H and O–H groups in total. The Kier molecular flexibility index (Phi) is 3.93. The van der Waals surface area contributed by atoms with Gasteiger partial charge >= 0.3 is 0 Å². The summed E-state index contributed by atoms with van der Waals surface area (Å²) in [5.74, 6) is -0.0172. The molecule has 0 aliphatic carbocycles. The molecule has 6 heteroatoms. The Hall–Kier alpha value is -2.50. The van der Waals surface area contributed by atoms with Gasteiger partial charge in [-0.3, -0.25) is 9.48 Å². The number of rotatable bonds is 4. The zero-order chi connectivity index (χ0) is 14.7. The number of hydrogen-bond acceptors (Lipinski definition) is 4. The van der Waals surface area contributed by atoms with E-state index in [-0.39, 0.29) is 17.4 Å². The number of aromatic nitrogens is 2. The van der Waals surface area contributed by atoms with E-state index in [2.05, 4.69) is 5.10 Å². The number of benzene rings is 1. The smallest absolute Gasteiger partial charge is 0.276 e. The lowest BCUT2D eigenvalue weighted by Gasteiger charge is -2.16. The highest BCUT2D eigenvalue weighted by Gasteiger charge is 2.18. The first-order valence-corrected chi connectivity index (χ1v) is 6.37. The molecule has 0 aliphatic rings. The van der Waals surface area contributed by atoms with Gasteiger partial charge in [-0.1, -0.05) is 12.1 Å². The van der Waals surface area contributed by atoms with E-state index in [1.165, 1.54) is 0 Å². The van der Waals surface area contributed by atoms with Crippen molar-refractivity contribution in [1.29, 1.82) is 0 Å². The molecule has 106 valence electrons. The number of carbonyl (C=O) groups excluding carboxylic acids is 1. The van der Waals surface area contributed by atoms with Crippen LogP contribution in [0.25, 0.3) is 0 Å². The fraction of sp³-hybridized carbons (Fsp3) is 0.286. The van der Waals surface area contributed by atoms with Crippen LogP contribution in [0.1, 0.15) is 23.0 Å². The van der Waals surface area contributed by atoms with Gasteiger partial charge in [0.1, 0.15) is 5.75 Å². The second kappa shape index (κ2) is 5.64. The zero-order valence-electron chi connectivity index (χ0n) is 11.6. The summed E-state index contributed by atoms with van der Waals surface area (Å²) in [4.78, 5) is 13.8. The quantitative estimate of drug-likeness (QED) is 0.884. The van der Waals surface area contributed by atoms with Crippen molar-refractivity contribution in [3.05, 3.63) is 41.7 Å². The molecule has 0 unspecified atom stereocenters. The molecule has 0 spiro atoms. The average Bonchev–Trinajstić information content (AvgIpc) is 2.81. The third kappa shape index (κ3) is 2.90. The number of nitrogen functional groups attached to an aromatic ring is 1. The Bertz CT molecular complexity index is 604. The summed E-state index contributed by atoms with van der Waals surface area (Å²) in [5, 5.41) is 13.4. The predicted octanol–water partition coefficient (Wildman–Crippen LogP) is 1.46. The second-order valence-corrected chi connectivity index (χ2v) is 4.62. The summed E-state index contributed by atoms with van der Waals surface area (Å²) in [6, 6.07) is 6.72. The summed E-state index contributed by atoms with van der Waals surface area (Å²) in [5.41, 5.74) is 7.38. The molecule has 1 aromatic heterocycles. The first-order valence-electron chi connectivity index (χ1n) is 6.37. The molecule has 0 saturated heterocycles. The van der Waals surface area contributed by atoms with Crippen LogP contribution in [0, 0.1) is 0 Å². The number of carbonyl (C=O) groups is 1. The third-order valence-corrected chi connectivity index (χ3v) is 3.02. The van der Waals surface area contributed by atoms with Crippen molar-refractivity contribution in [2.75, 3.05) is 12.8 Å². The number of phenols is 1. The Morgan fingerprint density at radius 3 is 2.60 bits per heavy atom. The molecule has 2 aromatic rings. The molecular weight excluding hydrogens is 256 g/mol. The maximum Gasteiger partial charge on any atom is 0.276 e. The van der Waals surface area contributed by atoms with Gasteiger partial charge in [0.25, 0.3) is 5.91 Å². The minimum absolute atomic E-state index is 0.202. The summed E-state index contributed by atoms with van der Waals surface area (Å²) >= 11 is 0. The molecule has 0 fully saturated rings. The second-order valence-electron chi connectivity index (χ2n) is 4.62. The molecular formula is C14H18N4O2. The van der Waals surface area contributed by atoms with Gasteiger partial charge in [0, 0.05) is 26.3 Å². The Morgan fingerprint density at radius 1 is 1.40 bits per heavy atom. The van der Waals surface area contributed by atoms with E-state index in [1.54, 1.807) is 47.1 Å². The number of phenolic OH excluding ortho intramolecular Hbond substituents is 1. The highest BCUT2D eigenvalue weighted by atomic mass is 16.3. The van der Waals surface area contributed by atoms with E-state index in [0.717, 1.165) is 5.56 Å². The number of amides is 1. The Morgan fingerprint density at radius 2 is 2.05 bits per heavy atom. The van der Waals surface area contributed by atoms with E-state index in [9.17, 15) is 9.90 Å². The fourth-order valence-electron chi connectivity index (χ4n) is 1.89. The largest absolute Gasteiger partial charge is 0.508 e. The van der Waals surface area contributed by atoms with Crippen LogP contribution >= 0.6 is 0 Å². The topological polar surface area (TPSA) is 84.4 Å². The van der Waals surface area contributed by atoms with Crippen LogP contribution in [0.5, 0.6) is 5.75 Å². The lowest BCUT2D eigenvalue weighted by atomic mass is 10.2. The van der Waals surface area contributed by atoms with Crippen LogP contribution in [-0.2, 0) is 13.1 Å². The number of nitrogens with zero attached hydrogens (tertiary/aromatic N) is 3. The molecule has 0 atom stereocenters. The minimum atomic E-state index is -0.220. The standard InChI is InChI=1S/C14H18N4O2/c1-3-18-9-12(15)13(16-18)14(20)17(2)8-10-4-6-11(19)7-5-10/h4-7,9,19H,3,8,15H2,1-2H3. The molecule has 0 aliphatic heterocycles. The molecule has 6 nitrogen and oxygen atoms in total. The number of aryl methyl sites for hydroxylation is 1. The molecule has 0 bridgehead atoms. The van der Waals surface area contributed by atoms with Crippen molar-refractivity contribution in [2.24, 2.45) is 0 Å². The highest BCUT2D eigenvalue weighted by molar-refractivity contribution is 5.96. The molecule has 1 amide bonds. The molecule has 2 rings (SSSR count). The maximum atomic E-state index is 12.3. The summed E-state index contributed by atoms with van der Waals surface area (Å²) in [6.07, 6.45) is 1.65. The summed E-state index contributed by atoms with van der Waals surface area (Å²) < 4.78 is 1.64. The van der Waals surface area contributed by atoms with Crippen LogP contribution in [-0.4, -0.2) is 32.7 Å². The van der Waals surface area contributed by atoms with E-state index in [0.29, 0.717) is 18.8 Å². The number of aromatic hydroxyl groups is 1. The van der Waals surface area contributed by atoms with Gasteiger partial charge in [-0.15, -0.1) is 0 Å². The number of anilines is 1. The molecule has 20 heavy (non-hydrogen) atoms. The third-order valence-electron chi connectivity index (χ3n) is 3.02. The molecule has 0 saturated carbocycles. The lowest BCUT2D eigenvalue weighted by molar-refractivity contribution is 0.0779. The van der Waals surface area contributed by atoms with Gasteiger partial charge in [0.05, 0.1) is 5.69 Å². The van der Waals surface area contributed by atoms with Crippen molar-refractivity contribution in [1.82, 2.24) is 14.7 Å². The molecule has 0 radical (unpaired) electrons. The Labute approximate surface area is 117 Å². The fourth-order valence-corrected chi connectivity index (χ4v) is 1.89. The van der Waals surface area contributed by atoms with Gasteiger partial charge in [0.2, 0.25) is 0 Å². The predicted molar refractivity (Wildman–Crippen MR) is 76.2 cm³/mol. The monoisotopic (exact) mass is 274 g/mol. The van der Waals surface area contributed by atoms with Crippen molar-refractivity contribution in [3.8, 4) is 5.75 Å². The minimum Gasteiger partial charge on any atom is -0.508 e. The van der Waals surface area contributed by atoms with Gasteiger partial charge < -0.3 is 15.7 Å². The van der Waals surface area contributed by atoms with E-state index < -0.39 is 0 Å². The van der Waals surface area contributed by atoms with E-state index in [4.69, 9.17) is 5.73 Å². The van der Waals surface area contributed by atoms with Gasteiger partial charge in [-0.2, -0.15) is 5.10 Å². The first-order chi connectivity index (χ1) is 9.51. The van der Waals surface area contributed by atoms with Crippen LogP contribution in [0.4, 0.5) is 5.69 Å².